The summed E-state index contributed by atoms with van der Waals surface area (Å²) >= 11 is 2.85. The Morgan fingerprint density at radius 1 is 1.27 bits per heavy atom. The van der Waals surface area contributed by atoms with Gasteiger partial charge in [0, 0.05) is 6.07 Å². The summed E-state index contributed by atoms with van der Waals surface area (Å²) in [6.45, 7) is 0. The van der Waals surface area contributed by atoms with E-state index in [-0.39, 0.29) is 15.9 Å². The van der Waals surface area contributed by atoms with Crippen LogP contribution in [0.3, 0.4) is 0 Å². The van der Waals surface area contributed by atoms with Gasteiger partial charge in [0.15, 0.2) is 5.75 Å². The van der Waals surface area contributed by atoms with Gasteiger partial charge in [-0.3, -0.25) is 4.79 Å². The molecular weight excluding hydrogens is 366 g/mol. The van der Waals surface area contributed by atoms with Crippen LogP contribution in [0.5, 0.6) is 5.75 Å². The molecule has 22 heavy (non-hydrogen) atoms. The molecule has 0 unspecified atom stereocenters. The molecule has 0 spiro atoms. The Bertz CT molecular complexity index is 807. The first kappa shape index (κ1) is 16.1. The van der Waals surface area contributed by atoms with E-state index in [2.05, 4.69) is 25.8 Å². The molecule has 0 saturated carbocycles. The number of rotatable bonds is 3. The zero-order chi connectivity index (χ0) is 16.4. The Kier molecular flexibility index (Phi) is 4.55. The lowest BCUT2D eigenvalue weighted by atomic mass is 10.3. The van der Waals surface area contributed by atoms with E-state index in [1.807, 2.05) is 0 Å². The number of halogens is 3. The van der Waals surface area contributed by atoms with Crippen molar-refractivity contribution >= 4 is 21.9 Å². The van der Waals surface area contributed by atoms with Crippen LogP contribution in [-0.2, 0) is 4.74 Å². The van der Waals surface area contributed by atoms with Crippen molar-refractivity contribution in [3.63, 3.8) is 0 Å². The molecule has 0 N–H and O–H groups in total. The third-order valence-corrected chi connectivity index (χ3v) is 3.33. The fraction of sp³-hybridized carbons (Fsp3) is 0.154. The predicted octanol–water partition coefficient (Wildman–Crippen LogP) is 2.07. The van der Waals surface area contributed by atoms with Crippen LogP contribution in [0.15, 0.2) is 27.6 Å². The van der Waals surface area contributed by atoms with Crippen molar-refractivity contribution in [3.8, 4) is 11.4 Å². The lowest BCUT2D eigenvalue weighted by Crippen LogP contribution is -2.24. The third kappa shape index (κ3) is 2.84. The van der Waals surface area contributed by atoms with Gasteiger partial charge in [-0.1, -0.05) is 0 Å². The number of carbonyl (C=O) groups excluding carboxylic acids is 1. The summed E-state index contributed by atoms with van der Waals surface area (Å²) in [5, 5.41) is 3.68. The normalized spacial score (nSPS) is 10.4. The maximum Gasteiger partial charge on any atom is 0.362 e. The standard InChI is InChI=1S/C13H9BrF2N2O4/c1-21-10-5-18(17-11(12(10)19)13(20)22-2)9-4-7(15)6(14)3-8(9)16/h3-5H,1-2H3. The monoisotopic (exact) mass is 374 g/mol. The van der Waals surface area contributed by atoms with Gasteiger partial charge in [0.25, 0.3) is 5.43 Å². The topological polar surface area (TPSA) is 70.4 Å². The molecule has 0 aliphatic carbocycles. The number of esters is 1. The van der Waals surface area contributed by atoms with Crippen LogP contribution in [0.4, 0.5) is 8.78 Å². The van der Waals surface area contributed by atoms with Gasteiger partial charge in [-0.25, -0.2) is 18.3 Å². The second-order valence-corrected chi connectivity index (χ2v) is 4.88. The number of ether oxygens (including phenoxy) is 2. The summed E-state index contributed by atoms with van der Waals surface area (Å²) in [6, 6.07) is 1.76. The van der Waals surface area contributed by atoms with Gasteiger partial charge in [0.05, 0.1) is 24.9 Å². The zero-order valence-corrected chi connectivity index (χ0v) is 13.0. The summed E-state index contributed by atoms with van der Waals surface area (Å²) in [5.74, 6) is -2.84. The van der Waals surface area contributed by atoms with Crippen molar-refractivity contribution in [2.75, 3.05) is 14.2 Å². The van der Waals surface area contributed by atoms with E-state index < -0.39 is 28.7 Å². The lowest BCUT2D eigenvalue weighted by molar-refractivity contribution is 0.0589. The number of nitrogens with zero attached hydrogens (tertiary/aromatic N) is 2. The van der Waals surface area contributed by atoms with E-state index in [1.54, 1.807) is 0 Å². The smallest absolute Gasteiger partial charge is 0.362 e. The van der Waals surface area contributed by atoms with Crippen LogP contribution in [-0.4, -0.2) is 30.0 Å². The Balaban J connectivity index is 2.74. The van der Waals surface area contributed by atoms with Gasteiger partial charge in [-0.2, -0.15) is 5.10 Å². The van der Waals surface area contributed by atoms with Gasteiger partial charge in [-0.05, 0) is 22.0 Å². The number of hydrogen-bond acceptors (Lipinski definition) is 5. The van der Waals surface area contributed by atoms with E-state index >= 15 is 0 Å². The minimum Gasteiger partial charge on any atom is -0.491 e. The Morgan fingerprint density at radius 3 is 2.55 bits per heavy atom. The predicted molar refractivity (Wildman–Crippen MR) is 75.3 cm³/mol. The fourth-order valence-electron chi connectivity index (χ4n) is 1.66. The molecule has 1 aromatic carbocycles. The number of carbonyl (C=O) groups is 1. The second kappa shape index (κ2) is 6.22. The fourth-order valence-corrected chi connectivity index (χ4v) is 1.97. The molecule has 2 aromatic rings. The third-order valence-electron chi connectivity index (χ3n) is 2.72. The maximum absolute atomic E-state index is 14.0. The molecule has 0 aliphatic heterocycles. The van der Waals surface area contributed by atoms with E-state index in [0.29, 0.717) is 0 Å². The summed E-state index contributed by atoms with van der Waals surface area (Å²) < 4.78 is 37.6. The molecule has 0 saturated heterocycles. The Labute approximate surface area is 131 Å². The average molecular weight is 375 g/mol. The minimum atomic E-state index is -1.02. The van der Waals surface area contributed by atoms with Gasteiger partial charge in [0.1, 0.15) is 17.3 Å². The SMILES string of the molecule is COC(=O)c1nn(-c2cc(F)c(Br)cc2F)cc(OC)c1=O. The molecular formula is C13H9BrF2N2O4. The molecule has 1 heterocycles. The lowest BCUT2D eigenvalue weighted by Gasteiger charge is -2.11. The highest BCUT2D eigenvalue weighted by Gasteiger charge is 2.20. The van der Waals surface area contributed by atoms with Crippen molar-refractivity contribution in [3.05, 3.63) is 50.4 Å². The van der Waals surface area contributed by atoms with Crippen LogP contribution in [0, 0.1) is 11.6 Å². The summed E-state index contributed by atoms with van der Waals surface area (Å²) in [7, 11) is 2.26. The minimum absolute atomic E-state index is 0.0741. The van der Waals surface area contributed by atoms with Gasteiger partial charge in [0.2, 0.25) is 5.69 Å². The molecule has 0 aliphatic rings. The van der Waals surface area contributed by atoms with Crippen LogP contribution >= 0.6 is 15.9 Å². The van der Waals surface area contributed by atoms with E-state index in [4.69, 9.17) is 4.74 Å². The maximum atomic E-state index is 14.0. The molecule has 0 fully saturated rings. The summed E-state index contributed by atoms with van der Waals surface area (Å²) in [6.07, 6.45) is 1.04. The van der Waals surface area contributed by atoms with Gasteiger partial charge < -0.3 is 9.47 Å². The van der Waals surface area contributed by atoms with E-state index in [9.17, 15) is 18.4 Å². The van der Waals surface area contributed by atoms with E-state index in [0.717, 1.165) is 30.1 Å². The second-order valence-electron chi connectivity index (χ2n) is 4.03. The van der Waals surface area contributed by atoms with Gasteiger partial charge in [-0.15, -0.1) is 0 Å². The Hall–Kier alpha value is -2.29. The molecule has 116 valence electrons. The quantitative estimate of drug-likeness (QED) is 0.607. The molecule has 0 bridgehead atoms. The van der Waals surface area contributed by atoms with Crippen molar-refractivity contribution in [1.29, 1.82) is 0 Å². The first-order chi connectivity index (χ1) is 10.4. The summed E-state index contributed by atoms with van der Waals surface area (Å²) in [5.41, 5.74) is -1.72. The average Bonchev–Trinajstić information content (AvgIpc) is 2.50. The zero-order valence-electron chi connectivity index (χ0n) is 11.4. The number of methoxy groups -OCH3 is 2. The number of benzene rings is 1. The number of aromatic nitrogens is 2. The molecule has 6 nitrogen and oxygen atoms in total. The largest absolute Gasteiger partial charge is 0.491 e. The molecule has 2 rings (SSSR count). The first-order valence-corrected chi connectivity index (χ1v) is 6.59. The highest BCUT2D eigenvalue weighted by Crippen LogP contribution is 2.22. The molecule has 1 aromatic heterocycles. The highest BCUT2D eigenvalue weighted by molar-refractivity contribution is 9.10. The van der Waals surface area contributed by atoms with Crippen LogP contribution < -0.4 is 10.2 Å². The summed E-state index contributed by atoms with van der Waals surface area (Å²) in [4.78, 5) is 23.5. The van der Waals surface area contributed by atoms with Crippen LogP contribution in [0.25, 0.3) is 5.69 Å². The van der Waals surface area contributed by atoms with Crippen molar-refractivity contribution in [2.45, 2.75) is 0 Å². The Morgan fingerprint density at radius 2 is 1.95 bits per heavy atom. The molecule has 9 heteroatoms. The molecule has 0 amide bonds. The van der Waals surface area contributed by atoms with Crippen LogP contribution in [0.1, 0.15) is 10.5 Å². The highest BCUT2D eigenvalue weighted by atomic mass is 79.9. The van der Waals surface area contributed by atoms with E-state index in [1.165, 1.54) is 7.11 Å². The molecule has 0 atom stereocenters. The number of hydrogen-bond donors (Lipinski definition) is 0. The van der Waals surface area contributed by atoms with Crippen molar-refractivity contribution in [1.82, 2.24) is 9.78 Å². The first-order valence-electron chi connectivity index (χ1n) is 5.80. The van der Waals surface area contributed by atoms with Crippen LogP contribution in [0.2, 0.25) is 0 Å². The van der Waals surface area contributed by atoms with Crippen molar-refractivity contribution in [2.24, 2.45) is 0 Å². The van der Waals surface area contributed by atoms with Gasteiger partial charge >= 0.3 is 5.97 Å². The van der Waals surface area contributed by atoms with Crippen molar-refractivity contribution < 1.29 is 23.0 Å². The molecule has 0 radical (unpaired) electrons.